The number of hydrogen-bond acceptors (Lipinski definition) is 3. The molecule has 0 aliphatic rings. The molecule has 21 heavy (non-hydrogen) atoms. The Morgan fingerprint density at radius 2 is 2.14 bits per heavy atom. The Bertz CT molecular complexity index is 721. The fourth-order valence-corrected chi connectivity index (χ4v) is 2.09. The summed E-state index contributed by atoms with van der Waals surface area (Å²) in [6.45, 7) is 2.54. The smallest absolute Gasteiger partial charge is 0.137 e. The normalized spacial score (nSPS) is 10.6. The van der Waals surface area contributed by atoms with Crippen molar-refractivity contribution in [2.24, 2.45) is 0 Å². The molecule has 0 bridgehead atoms. The summed E-state index contributed by atoms with van der Waals surface area (Å²) in [4.78, 5) is 8.36. The lowest BCUT2D eigenvalue weighted by molar-refractivity contribution is 0.625. The van der Waals surface area contributed by atoms with Crippen LogP contribution in [0.1, 0.15) is 11.1 Å². The van der Waals surface area contributed by atoms with Gasteiger partial charge in [-0.25, -0.2) is 14.4 Å². The Labute approximate surface area is 122 Å². The van der Waals surface area contributed by atoms with Crippen molar-refractivity contribution < 1.29 is 4.39 Å². The van der Waals surface area contributed by atoms with E-state index in [-0.39, 0.29) is 5.82 Å². The number of aryl methyl sites for hydroxylation is 1. The lowest BCUT2D eigenvalue weighted by Crippen LogP contribution is -2.03. The molecule has 3 aromatic rings. The first kappa shape index (κ1) is 13.3. The van der Waals surface area contributed by atoms with Crippen LogP contribution in [0.25, 0.3) is 5.82 Å². The second-order valence-corrected chi connectivity index (χ2v) is 4.80. The molecule has 2 heterocycles. The van der Waals surface area contributed by atoms with Crippen LogP contribution >= 0.6 is 0 Å². The van der Waals surface area contributed by atoms with Crippen LogP contribution < -0.4 is 5.32 Å². The standard InChI is InChI=1S/C16H15FN4/c1-12-8-14(17)3-2-13(12)9-19-15-4-5-16(20-10-15)21-7-6-18-11-21/h2-8,10-11,19H,9H2,1H3. The van der Waals surface area contributed by atoms with Crippen molar-refractivity contribution >= 4 is 5.69 Å². The molecule has 0 saturated heterocycles. The number of aromatic nitrogens is 3. The summed E-state index contributed by atoms with van der Waals surface area (Å²) in [6.07, 6.45) is 7.04. The van der Waals surface area contributed by atoms with Crippen LogP contribution in [0.4, 0.5) is 10.1 Å². The molecule has 0 fully saturated rings. The van der Waals surface area contributed by atoms with E-state index >= 15 is 0 Å². The van der Waals surface area contributed by atoms with Crippen molar-refractivity contribution in [3.8, 4) is 5.82 Å². The molecule has 3 rings (SSSR count). The molecule has 5 heteroatoms. The van der Waals surface area contributed by atoms with Gasteiger partial charge < -0.3 is 5.32 Å². The van der Waals surface area contributed by atoms with Gasteiger partial charge in [-0.3, -0.25) is 4.57 Å². The predicted octanol–water partition coefficient (Wildman–Crippen LogP) is 3.33. The highest BCUT2D eigenvalue weighted by molar-refractivity contribution is 5.44. The maximum Gasteiger partial charge on any atom is 0.137 e. The van der Waals surface area contributed by atoms with Crippen LogP contribution in [0.3, 0.4) is 0 Å². The van der Waals surface area contributed by atoms with Crippen LogP contribution in [0, 0.1) is 12.7 Å². The molecule has 0 unspecified atom stereocenters. The van der Waals surface area contributed by atoms with E-state index < -0.39 is 0 Å². The summed E-state index contributed by atoms with van der Waals surface area (Å²) in [5.41, 5.74) is 2.92. The van der Waals surface area contributed by atoms with E-state index in [0.29, 0.717) is 6.54 Å². The van der Waals surface area contributed by atoms with Crippen molar-refractivity contribution in [3.05, 3.63) is 72.2 Å². The number of nitrogens with one attached hydrogen (secondary N) is 1. The molecule has 0 atom stereocenters. The molecule has 1 N–H and O–H groups in total. The molecule has 0 saturated carbocycles. The fourth-order valence-electron chi connectivity index (χ4n) is 2.09. The molecule has 0 amide bonds. The zero-order chi connectivity index (χ0) is 14.7. The van der Waals surface area contributed by atoms with E-state index in [1.165, 1.54) is 12.1 Å². The van der Waals surface area contributed by atoms with E-state index in [2.05, 4.69) is 15.3 Å². The van der Waals surface area contributed by atoms with Crippen molar-refractivity contribution in [2.45, 2.75) is 13.5 Å². The average Bonchev–Trinajstić information content (AvgIpc) is 3.01. The average molecular weight is 282 g/mol. The fraction of sp³-hybridized carbons (Fsp3) is 0.125. The Morgan fingerprint density at radius 3 is 2.81 bits per heavy atom. The van der Waals surface area contributed by atoms with Gasteiger partial charge >= 0.3 is 0 Å². The molecular formula is C16H15FN4. The Hall–Kier alpha value is -2.69. The maximum absolute atomic E-state index is 13.1. The van der Waals surface area contributed by atoms with E-state index in [1.54, 1.807) is 24.8 Å². The lowest BCUT2D eigenvalue weighted by Gasteiger charge is -2.09. The van der Waals surface area contributed by atoms with Crippen molar-refractivity contribution in [1.29, 1.82) is 0 Å². The summed E-state index contributed by atoms with van der Waals surface area (Å²) in [7, 11) is 0. The second kappa shape index (κ2) is 5.75. The highest BCUT2D eigenvalue weighted by Crippen LogP contribution is 2.14. The first-order chi connectivity index (χ1) is 10.2. The maximum atomic E-state index is 13.1. The lowest BCUT2D eigenvalue weighted by atomic mass is 10.1. The van der Waals surface area contributed by atoms with Gasteiger partial charge in [-0.1, -0.05) is 6.07 Å². The second-order valence-electron chi connectivity index (χ2n) is 4.80. The van der Waals surface area contributed by atoms with Gasteiger partial charge in [0.15, 0.2) is 0 Å². The molecule has 2 aromatic heterocycles. The SMILES string of the molecule is Cc1cc(F)ccc1CNc1ccc(-n2ccnc2)nc1. The minimum absolute atomic E-state index is 0.206. The molecule has 0 aliphatic heterocycles. The highest BCUT2D eigenvalue weighted by atomic mass is 19.1. The molecule has 0 aliphatic carbocycles. The van der Waals surface area contributed by atoms with Crippen LogP contribution in [0.2, 0.25) is 0 Å². The van der Waals surface area contributed by atoms with Gasteiger partial charge in [0.2, 0.25) is 0 Å². The quantitative estimate of drug-likeness (QED) is 0.798. The van der Waals surface area contributed by atoms with Crippen LogP contribution in [-0.4, -0.2) is 14.5 Å². The van der Waals surface area contributed by atoms with Crippen LogP contribution in [0.5, 0.6) is 0 Å². The number of anilines is 1. The number of hydrogen-bond donors (Lipinski definition) is 1. The van der Waals surface area contributed by atoms with Crippen LogP contribution in [-0.2, 0) is 6.54 Å². The zero-order valence-electron chi connectivity index (χ0n) is 11.6. The van der Waals surface area contributed by atoms with Crippen LogP contribution in [0.15, 0.2) is 55.2 Å². The molecule has 106 valence electrons. The van der Waals surface area contributed by atoms with Gasteiger partial charge in [0, 0.05) is 18.9 Å². The number of benzene rings is 1. The third kappa shape index (κ3) is 3.08. The number of pyridine rings is 1. The molecule has 0 spiro atoms. The zero-order valence-corrected chi connectivity index (χ0v) is 11.6. The van der Waals surface area contributed by atoms with Crippen molar-refractivity contribution in [2.75, 3.05) is 5.32 Å². The first-order valence-electron chi connectivity index (χ1n) is 6.66. The summed E-state index contributed by atoms with van der Waals surface area (Å²) < 4.78 is 14.9. The number of nitrogens with zero attached hydrogens (tertiary/aromatic N) is 3. The highest BCUT2D eigenvalue weighted by Gasteiger charge is 2.01. The summed E-state index contributed by atoms with van der Waals surface area (Å²) in [6, 6.07) is 8.69. The third-order valence-corrected chi connectivity index (χ3v) is 3.30. The van der Waals surface area contributed by atoms with Gasteiger partial charge in [-0.15, -0.1) is 0 Å². The Morgan fingerprint density at radius 1 is 1.24 bits per heavy atom. The van der Waals surface area contributed by atoms with E-state index in [4.69, 9.17) is 0 Å². The summed E-state index contributed by atoms with van der Waals surface area (Å²) >= 11 is 0. The largest absolute Gasteiger partial charge is 0.380 e. The first-order valence-corrected chi connectivity index (χ1v) is 6.66. The molecular weight excluding hydrogens is 267 g/mol. The topological polar surface area (TPSA) is 42.7 Å². The van der Waals surface area contributed by atoms with E-state index in [0.717, 1.165) is 22.6 Å². The van der Waals surface area contributed by atoms with Gasteiger partial charge in [0.05, 0.1) is 11.9 Å². The third-order valence-electron chi connectivity index (χ3n) is 3.30. The van der Waals surface area contributed by atoms with Gasteiger partial charge in [0.25, 0.3) is 0 Å². The van der Waals surface area contributed by atoms with E-state index in [9.17, 15) is 4.39 Å². The monoisotopic (exact) mass is 282 g/mol. The Balaban J connectivity index is 1.68. The molecule has 1 aromatic carbocycles. The number of imidazole rings is 1. The summed E-state index contributed by atoms with van der Waals surface area (Å²) in [5.74, 6) is 0.610. The number of rotatable bonds is 4. The number of halogens is 1. The molecule has 0 radical (unpaired) electrons. The molecule has 4 nitrogen and oxygen atoms in total. The van der Waals surface area contributed by atoms with E-state index in [1.807, 2.05) is 29.8 Å². The van der Waals surface area contributed by atoms with Gasteiger partial charge in [-0.05, 0) is 42.3 Å². The minimum atomic E-state index is -0.206. The van der Waals surface area contributed by atoms with Gasteiger partial charge in [-0.2, -0.15) is 0 Å². The van der Waals surface area contributed by atoms with Crippen molar-refractivity contribution in [1.82, 2.24) is 14.5 Å². The van der Waals surface area contributed by atoms with Crippen molar-refractivity contribution in [3.63, 3.8) is 0 Å². The Kier molecular flexibility index (Phi) is 3.64. The summed E-state index contributed by atoms with van der Waals surface area (Å²) in [5, 5.41) is 3.28. The van der Waals surface area contributed by atoms with Gasteiger partial charge in [0.1, 0.15) is 18.0 Å². The predicted molar refractivity (Wildman–Crippen MR) is 79.8 cm³/mol. The minimum Gasteiger partial charge on any atom is -0.380 e.